The summed E-state index contributed by atoms with van der Waals surface area (Å²) in [6.45, 7) is 0.507. The first-order valence-corrected chi connectivity index (χ1v) is 10.9. The van der Waals surface area contributed by atoms with Crippen LogP contribution in [0.25, 0.3) is 11.1 Å². The van der Waals surface area contributed by atoms with Crippen LogP contribution in [0.5, 0.6) is 0 Å². The highest BCUT2D eigenvalue weighted by Crippen LogP contribution is 2.27. The number of nitro groups is 1. The van der Waals surface area contributed by atoms with Gasteiger partial charge in [-0.05, 0) is 47.4 Å². The zero-order valence-electron chi connectivity index (χ0n) is 18.7. The molecule has 3 N–H and O–H groups in total. The van der Waals surface area contributed by atoms with E-state index in [2.05, 4.69) is 15.6 Å². The normalized spacial score (nSPS) is 10.8. The van der Waals surface area contributed by atoms with E-state index in [-0.39, 0.29) is 23.8 Å². The standard InChI is InChI=1S/C25H23FN6O3/c26-20-7-4-18(5-8-20)19-6-10-23(27)24(15-19)28-25(33)11-9-21-16-31(30-29-21)13-12-17-2-1-3-22(14-17)32(34)35/h1-8,10,14-16H,9,11-13,27H2,(H,28,33). The first-order valence-electron chi connectivity index (χ1n) is 10.9. The summed E-state index contributed by atoms with van der Waals surface area (Å²) in [6, 6.07) is 17.8. The Balaban J connectivity index is 1.31. The van der Waals surface area contributed by atoms with Gasteiger partial charge in [0.25, 0.3) is 5.69 Å². The van der Waals surface area contributed by atoms with E-state index in [9.17, 15) is 19.3 Å². The van der Waals surface area contributed by atoms with Crippen molar-refractivity contribution in [1.29, 1.82) is 0 Å². The molecule has 4 aromatic rings. The van der Waals surface area contributed by atoms with E-state index in [4.69, 9.17) is 5.73 Å². The molecule has 0 saturated heterocycles. The van der Waals surface area contributed by atoms with Crippen LogP contribution in [-0.4, -0.2) is 25.8 Å². The number of nitrogens with zero attached hydrogens (tertiary/aromatic N) is 4. The first kappa shape index (κ1) is 23.6. The van der Waals surface area contributed by atoms with Crippen LogP contribution in [0.2, 0.25) is 0 Å². The van der Waals surface area contributed by atoms with Crippen molar-refractivity contribution in [2.45, 2.75) is 25.8 Å². The van der Waals surface area contributed by atoms with Crippen LogP contribution < -0.4 is 11.1 Å². The van der Waals surface area contributed by atoms with Crippen LogP contribution in [-0.2, 0) is 24.2 Å². The van der Waals surface area contributed by atoms with Gasteiger partial charge in [0.15, 0.2) is 0 Å². The van der Waals surface area contributed by atoms with Crippen molar-refractivity contribution in [3.05, 3.63) is 100 Å². The van der Waals surface area contributed by atoms with Crippen molar-refractivity contribution >= 4 is 23.0 Å². The molecule has 1 amide bonds. The number of hydrogen-bond acceptors (Lipinski definition) is 6. The Kier molecular flexibility index (Phi) is 7.10. The highest BCUT2D eigenvalue weighted by atomic mass is 19.1. The number of amides is 1. The summed E-state index contributed by atoms with van der Waals surface area (Å²) < 4.78 is 14.8. The smallest absolute Gasteiger partial charge is 0.269 e. The quantitative estimate of drug-likeness (QED) is 0.210. The largest absolute Gasteiger partial charge is 0.397 e. The summed E-state index contributed by atoms with van der Waals surface area (Å²) in [5.74, 6) is -0.544. The fraction of sp³-hybridized carbons (Fsp3) is 0.160. The lowest BCUT2D eigenvalue weighted by atomic mass is 10.0. The Hall–Kier alpha value is -4.60. The van der Waals surface area contributed by atoms with E-state index in [0.29, 0.717) is 36.5 Å². The summed E-state index contributed by atoms with van der Waals surface area (Å²) in [6.07, 6.45) is 2.90. The summed E-state index contributed by atoms with van der Waals surface area (Å²) >= 11 is 0. The maximum atomic E-state index is 13.2. The third-order valence-corrected chi connectivity index (χ3v) is 5.45. The van der Waals surface area contributed by atoms with Crippen molar-refractivity contribution in [3.63, 3.8) is 0 Å². The molecule has 0 aliphatic heterocycles. The maximum absolute atomic E-state index is 13.2. The van der Waals surface area contributed by atoms with Crippen molar-refractivity contribution in [3.8, 4) is 11.1 Å². The zero-order chi connectivity index (χ0) is 24.8. The molecule has 0 aliphatic carbocycles. The fourth-order valence-corrected chi connectivity index (χ4v) is 3.57. The molecule has 1 heterocycles. The van der Waals surface area contributed by atoms with E-state index >= 15 is 0 Å². The second-order valence-corrected chi connectivity index (χ2v) is 8.01. The lowest BCUT2D eigenvalue weighted by Crippen LogP contribution is -2.13. The third kappa shape index (κ3) is 6.26. The van der Waals surface area contributed by atoms with Crippen LogP contribution in [0.1, 0.15) is 17.7 Å². The zero-order valence-corrected chi connectivity index (χ0v) is 18.7. The average molecular weight is 474 g/mol. The minimum absolute atomic E-state index is 0.0524. The number of hydrogen-bond donors (Lipinski definition) is 2. The highest BCUT2D eigenvalue weighted by Gasteiger charge is 2.11. The van der Waals surface area contributed by atoms with Gasteiger partial charge < -0.3 is 11.1 Å². The fourth-order valence-electron chi connectivity index (χ4n) is 3.57. The van der Waals surface area contributed by atoms with Gasteiger partial charge >= 0.3 is 0 Å². The van der Waals surface area contributed by atoms with Crippen molar-refractivity contribution in [1.82, 2.24) is 15.0 Å². The monoisotopic (exact) mass is 474 g/mol. The summed E-state index contributed by atoms with van der Waals surface area (Å²) in [4.78, 5) is 23.0. The molecule has 3 aromatic carbocycles. The molecule has 0 aliphatic rings. The van der Waals surface area contributed by atoms with Gasteiger partial charge in [-0.1, -0.05) is 35.5 Å². The number of carbonyl (C=O) groups excluding carboxylic acids is 1. The molecule has 4 rings (SSSR count). The highest BCUT2D eigenvalue weighted by molar-refractivity contribution is 5.95. The number of benzene rings is 3. The number of rotatable bonds is 9. The molecule has 0 spiro atoms. The van der Waals surface area contributed by atoms with E-state index in [1.165, 1.54) is 18.2 Å². The number of nitrogen functional groups attached to an aromatic ring is 1. The van der Waals surface area contributed by atoms with E-state index in [0.717, 1.165) is 16.7 Å². The van der Waals surface area contributed by atoms with Gasteiger partial charge in [-0.25, -0.2) is 4.39 Å². The van der Waals surface area contributed by atoms with Gasteiger partial charge in [-0.3, -0.25) is 19.6 Å². The van der Waals surface area contributed by atoms with Gasteiger partial charge in [0.1, 0.15) is 5.82 Å². The van der Waals surface area contributed by atoms with Crippen LogP contribution in [0.3, 0.4) is 0 Å². The molecule has 1 aromatic heterocycles. The van der Waals surface area contributed by atoms with Crippen LogP contribution in [0.15, 0.2) is 72.9 Å². The minimum Gasteiger partial charge on any atom is -0.397 e. The number of non-ortho nitro benzene ring substituents is 1. The number of nitrogens with two attached hydrogens (primary N) is 1. The molecule has 178 valence electrons. The molecule has 35 heavy (non-hydrogen) atoms. The minimum atomic E-state index is -0.422. The number of halogens is 1. The Morgan fingerprint density at radius 2 is 1.83 bits per heavy atom. The summed E-state index contributed by atoms with van der Waals surface area (Å²) in [7, 11) is 0. The number of aromatic nitrogens is 3. The van der Waals surface area contributed by atoms with Gasteiger partial charge in [0.05, 0.1) is 22.0 Å². The van der Waals surface area contributed by atoms with Gasteiger partial charge in [0.2, 0.25) is 5.91 Å². The van der Waals surface area contributed by atoms with E-state index in [1.54, 1.807) is 47.3 Å². The molecule has 0 saturated carbocycles. The first-order chi connectivity index (χ1) is 16.9. The number of nitro benzene ring substituents is 1. The summed E-state index contributed by atoms with van der Waals surface area (Å²) in [5, 5.41) is 21.9. The lowest BCUT2D eigenvalue weighted by molar-refractivity contribution is -0.384. The second-order valence-electron chi connectivity index (χ2n) is 8.01. The molecular weight excluding hydrogens is 451 g/mol. The SMILES string of the molecule is Nc1ccc(-c2ccc(F)cc2)cc1NC(=O)CCc1cn(CCc2cccc([N+](=O)[O-])c2)nn1. The molecule has 0 fully saturated rings. The third-order valence-electron chi connectivity index (χ3n) is 5.45. The van der Waals surface area contributed by atoms with Crippen LogP contribution in [0, 0.1) is 15.9 Å². The lowest BCUT2D eigenvalue weighted by Gasteiger charge is -2.10. The Morgan fingerprint density at radius 3 is 2.60 bits per heavy atom. The predicted molar refractivity (Wildman–Crippen MR) is 130 cm³/mol. The Morgan fingerprint density at radius 1 is 1.06 bits per heavy atom. The average Bonchev–Trinajstić information content (AvgIpc) is 3.31. The molecule has 0 atom stereocenters. The van der Waals surface area contributed by atoms with Crippen molar-refractivity contribution in [2.75, 3.05) is 11.1 Å². The van der Waals surface area contributed by atoms with E-state index < -0.39 is 4.92 Å². The van der Waals surface area contributed by atoms with Crippen LogP contribution in [0.4, 0.5) is 21.5 Å². The second kappa shape index (κ2) is 10.6. The number of anilines is 2. The Labute approximate surface area is 200 Å². The molecule has 0 unspecified atom stereocenters. The molecule has 9 nitrogen and oxygen atoms in total. The van der Waals surface area contributed by atoms with Crippen LogP contribution >= 0.6 is 0 Å². The summed E-state index contributed by atoms with van der Waals surface area (Å²) in [5.41, 5.74) is 10.1. The number of carbonyl (C=O) groups is 1. The molecular formula is C25H23FN6O3. The number of aryl methyl sites for hydroxylation is 3. The van der Waals surface area contributed by atoms with Crippen molar-refractivity contribution < 1.29 is 14.1 Å². The number of nitrogens with one attached hydrogen (secondary N) is 1. The van der Waals surface area contributed by atoms with Crippen molar-refractivity contribution in [2.24, 2.45) is 0 Å². The topological polar surface area (TPSA) is 129 Å². The molecule has 0 radical (unpaired) electrons. The molecule has 0 bridgehead atoms. The van der Waals surface area contributed by atoms with E-state index in [1.807, 2.05) is 12.1 Å². The predicted octanol–water partition coefficient (Wildman–Crippen LogP) is 4.39. The van der Waals surface area contributed by atoms with Gasteiger partial charge in [0, 0.05) is 37.7 Å². The maximum Gasteiger partial charge on any atom is 0.269 e. The van der Waals surface area contributed by atoms with Gasteiger partial charge in [-0.2, -0.15) is 0 Å². The molecule has 10 heteroatoms. The van der Waals surface area contributed by atoms with Gasteiger partial charge in [-0.15, -0.1) is 5.10 Å². The Bertz CT molecular complexity index is 1350.